The monoisotopic (exact) mass is 366 g/mol. The van der Waals surface area contributed by atoms with Crippen LogP contribution >= 0.6 is 23.6 Å². The highest BCUT2D eigenvalue weighted by Crippen LogP contribution is 2.27. The fourth-order valence-corrected chi connectivity index (χ4v) is 3.54. The van der Waals surface area contributed by atoms with E-state index in [1.54, 1.807) is 29.3 Å². The van der Waals surface area contributed by atoms with E-state index in [-0.39, 0.29) is 0 Å². The largest absolute Gasteiger partial charge is 0.496 e. The lowest BCUT2D eigenvalue weighted by Crippen LogP contribution is -1.97. The minimum atomic E-state index is 0.443. The van der Waals surface area contributed by atoms with Crippen LogP contribution in [0.5, 0.6) is 5.75 Å². The number of hydrogen-bond acceptors (Lipinski definition) is 5. The number of aromatic nitrogens is 3. The lowest BCUT2D eigenvalue weighted by Gasteiger charge is -2.08. The standard InChI is InChI=1S/C18H14N4OS2/c1-23-15-9-8-12-5-2-3-6-13(12)14(15)11-19-22-17(20-21-18(22)24)16-7-4-10-25-16/h2-11H,1H3,(H,21,24)/b19-11-. The topological polar surface area (TPSA) is 55.2 Å². The highest BCUT2D eigenvalue weighted by atomic mass is 32.1. The average molecular weight is 366 g/mol. The van der Waals surface area contributed by atoms with Gasteiger partial charge in [-0.3, -0.25) is 0 Å². The maximum absolute atomic E-state index is 5.51. The molecule has 0 unspecified atom stereocenters. The number of H-pyrrole nitrogens is 1. The number of thiophene rings is 1. The Bertz CT molecular complexity index is 1110. The Morgan fingerprint density at radius 1 is 1.20 bits per heavy atom. The Labute approximate surface area is 153 Å². The summed E-state index contributed by atoms with van der Waals surface area (Å²) in [5, 5.41) is 15.8. The summed E-state index contributed by atoms with van der Waals surface area (Å²) in [5.74, 6) is 1.45. The molecule has 1 N–H and O–H groups in total. The van der Waals surface area contributed by atoms with E-state index in [1.807, 2.05) is 47.8 Å². The van der Waals surface area contributed by atoms with Gasteiger partial charge in [-0.2, -0.15) is 14.9 Å². The van der Waals surface area contributed by atoms with Crippen LogP contribution in [-0.4, -0.2) is 28.2 Å². The molecule has 0 atom stereocenters. The molecule has 4 aromatic rings. The predicted octanol–water partition coefficient (Wildman–Crippen LogP) is 4.71. The normalized spacial score (nSPS) is 11.4. The van der Waals surface area contributed by atoms with Crippen LogP contribution in [0, 0.1) is 4.77 Å². The first kappa shape index (κ1) is 15.7. The fraction of sp³-hybridized carbons (Fsp3) is 0.0556. The van der Waals surface area contributed by atoms with Gasteiger partial charge in [0.15, 0.2) is 5.82 Å². The molecule has 2 aromatic heterocycles. The summed E-state index contributed by atoms with van der Waals surface area (Å²) in [6.45, 7) is 0. The molecule has 2 heterocycles. The van der Waals surface area contributed by atoms with Crippen LogP contribution in [-0.2, 0) is 0 Å². The lowest BCUT2D eigenvalue weighted by molar-refractivity contribution is 0.415. The van der Waals surface area contributed by atoms with E-state index in [4.69, 9.17) is 17.0 Å². The van der Waals surface area contributed by atoms with Crippen molar-refractivity contribution in [1.82, 2.24) is 14.9 Å². The van der Waals surface area contributed by atoms with E-state index in [0.29, 0.717) is 10.6 Å². The Kier molecular flexibility index (Phi) is 4.17. The zero-order valence-corrected chi connectivity index (χ0v) is 15.0. The van der Waals surface area contributed by atoms with Gasteiger partial charge in [-0.25, -0.2) is 5.10 Å². The summed E-state index contributed by atoms with van der Waals surface area (Å²) in [5.41, 5.74) is 0.904. The van der Waals surface area contributed by atoms with Crippen LogP contribution in [0.25, 0.3) is 21.5 Å². The van der Waals surface area contributed by atoms with Crippen LogP contribution in [0.4, 0.5) is 0 Å². The van der Waals surface area contributed by atoms with Gasteiger partial charge in [0.05, 0.1) is 18.2 Å². The van der Waals surface area contributed by atoms with E-state index >= 15 is 0 Å². The van der Waals surface area contributed by atoms with Crippen molar-refractivity contribution < 1.29 is 4.74 Å². The van der Waals surface area contributed by atoms with Crippen molar-refractivity contribution in [1.29, 1.82) is 0 Å². The highest BCUT2D eigenvalue weighted by Gasteiger charge is 2.10. The van der Waals surface area contributed by atoms with E-state index in [1.165, 1.54) is 0 Å². The summed E-state index contributed by atoms with van der Waals surface area (Å²) < 4.78 is 7.58. The molecule has 124 valence electrons. The first-order valence-corrected chi connectivity index (χ1v) is 8.88. The molecule has 0 saturated carbocycles. The van der Waals surface area contributed by atoms with Gasteiger partial charge in [0.2, 0.25) is 4.77 Å². The van der Waals surface area contributed by atoms with Crippen LogP contribution in [0.3, 0.4) is 0 Å². The fourth-order valence-electron chi connectivity index (χ4n) is 2.67. The molecule has 25 heavy (non-hydrogen) atoms. The number of rotatable bonds is 4. The molecule has 0 aliphatic rings. The summed E-state index contributed by atoms with van der Waals surface area (Å²) in [6, 6.07) is 16.1. The molecule has 0 aliphatic heterocycles. The zero-order valence-electron chi connectivity index (χ0n) is 13.3. The van der Waals surface area contributed by atoms with E-state index in [2.05, 4.69) is 21.4 Å². The number of nitrogens with one attached hydrogen (secondary N) is 1. The number of hydrogen-bond donors (Lipinski definition) is 1. The second kappa shape index (κ2) is 6.62. The molecule has 2 aromatic carbocycles. The van der Waals surface area contributed by atoms with Crippen molar-refractivity contribution >= 4 is 40.5 Å². The van der Waals surface area contributed by atoms with Gasteiger partial charge in [-0.05, 0) is 40.5 Å². The first-order chi connectivity index (χ1) is 12.3. The molecule has 0 radical (unpaired) electrons. The molecule has 0 bridgehead atoms. The van der Waals surface area contributed by atoms with Crippen molar-refractivity contribution in [3.05, 3.63) is 64.2 Å². The van der Waals surface area contributed by atoms with Gasteiger partial charge in [-0.15, -0.1) is 11.3 Å². The third-order valence-corrected chi connectivity index (χ3v) is 4.97. The van der Waals surface area contributed by atoms with E-state index < -0.39 is 0 Å². The number of nitrogens with zero attached hydrogens (tertiary/aromatic N) is 3. The Morgan fingerprint density at radius 3 is 2.88 bits per heavy atom. The van der Waals surface area contributed by atoms with Crippen LogP contribution in [0.1, 0.15) is 5.56 Å². The molecular formula is C18H14N4OS2. The lowest BCUT2D eigenvalue weighted by atomic mass is 10.0. The maximum atomic E-state index is 5.51. The average Bonchev–Trinajstić information content (AvgIpc) is 3.29. The predicted molar refractivity (Wildman–Crippen MR) is 104 cm³/mol. The van der Waals surface area contributed by atoms with Crippen molar-refractivity contribution in [2.24, 2.45) is 5.10 Å². The first-order valence-electron chi connectivity index (χ1n) is 7.59. The Hall–Kier alpha value is -2.77. The molecule has 4 rings (SSSR count). The van der Waals surface area contributed by atoms with Gasteiger partial charge < -0.3 is 4.74 Å². The number of ether oxygens (including phenoxy) is 1. The van der Waals surface area contributed by atoms with Crippen molar-refractivity contribution in [2.75, 3.05) is 7.11 Å². The van der Waals surface area contributed by atoms with Crippen LogP contribution < -0.4 is 4.74 Å². The number of methoxy groups -OCH3 is 1. The second-order valence-corrected chi connectivity index (χ2v) is 6.62. The van der Waals surface area contributed by atoms with Gasteiger partial charge in [0.25, 0.3) is 0 Å². The maximum Gasteiger partial charge on any atom is 0.216 e. The number of benzene rings is 2. The third kappa shape index (κ3) is 2.88. The molecule has 0 amide bonds. The SMILES string of the molecule is COc1ccc2ccccc2c1/C=N\n1c(-c2cccs2)n[nH]c1=S. The Morgan fingerprint density at radius 2 is 2.08 bits per heavy atom. The van der Waals surface area contributed by atoms with Gasteiger partial charge in [0.1, 0.15) is 5.75 Å². The minimum absolute atomic E-state index is 0.443. The van der Waals surface area contributed by atoms with Crippen LogP contribution in [0.2, 0.25) is 0 Å². The van der Waals surface area contributed by atoms with Gasteiger partial charge in [-0.1, -0.05) is 36.4 Å². The molecule has 0 aliphatic carbocycles. The summed E-state index contributed by atoms with van der Waals surface area (Å²) >= 11 is 6.91. The zero-order chi connectivity index (χ0) is 17.2. The number of aromatic amines is 1. The minimum Gasteiger partial charge on any atom is -0.496 e. The molecule has 0 saturated heterocycles. The second-order valence-electron chi connectivity index (χ2n) is 5.29. The molecule has 0 spiro atoms. The van der Waals surface area contributed by atoms with Gasteiger partial charge >= 0.3 is 0 Å². The molecule has 0 fully saturated rings. The smallest absolute Gasteiger partial charge is 0.216 e. The Balaban J connectivity index is 1.85. The van der Waals surface area contributed by atoms with Crippen molar-refractivity contribution in [3.63, 3.8) is 0 Å². The van der Waals surface area contributed by atoms with Gasteiger partial charge in [0, 0.05) is 5.56 Å². The molecule has 5 nitrogen and oxygen atoms in total. The van der Waals surface area contributed by atoms with Crippen molar-refractivity contribution in [2.45, 2.75) is 0 Å². The quantitative estimate of drug-likeness (QED) is 0.420. The summed E-state index contributed by atoms with van der Waals surface area (Å²) in [4.78, 5) is 0.995. The van der Waals surface area contributed by atoms with E-state index in [9.17, 15) is 0 Å². The molecule has 7 heteroatoms. The van der Waals surface area contributed by atoms with Crippen LogP contribution in [0.15, 0.2) is 59.0 Å². The van der Waals surface area contributed by atoms with E-state index in [0.717, 1.165) is 27.0 Å². The molecular weight excluding hydrogens is 352 g/mol. The summed E-state index contributed by atoms with van der Waals surface area (Å²) in [7, 11) is 1.65. The highest BCUT2D eigenvalue weighted by molar-refractivity contribution is 7.71. The number of fused-ring (bicyclic) bond motifs is 1. The summed E-state index contributed by atoms with van der Waals surface area (Å²) in [6.07, 6.45) is 1.77. The third-order valence-electron chi connectivity index (χ3n) is 3.84. The van der Waals surface area contributed by atoms with Crippen molar-refractivity contribution in [3.8, 4) is 16.5 Å².